The fourth-order valence-electron chi connectivity index (χ4n) is 2.71. The molecule has 6 nitrogen and oxygen atoms in total. The lowest BCUT2D eigenvalue weighted by atomic mass is 10.1. The van der Waals surface area contributed by atoms with Crippen molar-refractivity contribution in [3.05, 3.63) is 29.8 Å². The molecule has 6 heteroatoms. The highest BCUT2D eigenvalue weighted by atomic mass is 16.7. The smallest absolute Gasteiger partial charge is 0.188 e. The third-order valence-electron chi connectivity index (χ3n) is 3.80. The van der Waals surface area contributed by atoms with Gasteiger partial charge in [0, 0.05) is 27.3 Å². The van der Waals surface area contributed by atoms with E-state index in [0.29, 0.717) is 6.79 Å². The van der Waals surface area contributed by atoms with Gasteiger partial charge in [0.2, 0.25) is 0 Å². The molecule has 22 heavy (non-hydrogen) atoms. The Morgan fingerprint density at radius 2 is 2.09 bits per heavy atom. The van der Waals surface area contributed by atoms with Gasteiger partial charge in [0.05, 0.1) is 18.8 Å². The van der Waals surface area contributed by atoms with Gasteiger partial charge in [-0.15, -0.1) is 0 Å². The molecule has 0 saturated carbocycles. The third kappa shape index (κ3) is 4.66. The molecule has 1 N–H and O–H groups in total. The van der Waals surface area contributed by atoms with E-state index in [-0.39, 0.29) is 25.5 Å². The van der Waals surface area contributed by atoms with E-state index in [9.17, 15) is 5.11 Å². The van der Waals surface area contributed by atoms with E-state index in [4.69, 9.17) is 18.9 Å². The van der Waals surface area contributed by atoms with Gasteiger partial charge in [-0.1, -0.05) is 12.1 Å². The summed E-state index contributed by atoms with van der Waals surface area (Å²) in [6.07, 6.45) is 1.10. The number of nitrogens with zero attached hydrogens (tertiary/aromatic N) is 1. The molecule has 2 rings (SSSR count). The molecule has 1 aliphatic rings. The Morgan fingerprint density at radius 1 is 1.27 bits per heavy atom. The van der Waals surface area contributed by atoms with Crippen LogP contribution in [-0.4, -0.2) is 63.6 Å². The SMILES string of the molecule is COCOc1cccc(C(CO)N2CC[C@H](OCOC)C2)c1. The summed E-state index contributed by atoms with van der Waals surface area (Å²) in [6.45, 7) is 2.26. The molecule has 2 atom stereocenters. The van der Waals surface area contributed by atoms with Crippen LogP contribution in [0.1, 0.15) is 18.0 Å². The first kappa shape index (κ1) is 17.2. The molecule has 0 amide bonds. The molecule has 0 spiro atoms. The van der Waals surface area contributed by atoms with Crippen molar-refractivity contribution in [3.63, 3.8) is 0 Å². The van der Waals surface area contributed by atoms with Gasteiger partial charge in [0.25, 0.3) is 0 Å². The molecule has 1 fully saturated rings. The fourth-order valence-corrected chi connectivity index (χ4v) is 2.71. The highest BCUT2D eigenvalue weighted by Gasteiger charge is 2.29. The van der Waals surface area contributed by atoms with Crippen LogP contribution < -0.4 is 4.74 Å². The number of methoxy groups -OCH3 is 2. The second-order valence-electron chi connectivity index (χ2n) is 5.30. The summed E-state index contributed by atoms with van der Waals surface area (Å²) >= 11 is 0. The molecule has 0 radical (unpaired) electrons. The summed E-state index contributed by atoms with van der Waals surface area (Å²) < 4.78 is 20.9. The lowest BCUT2D eigenvalue weighted by molar-refractivity contribution is -0.0684. The summed E-state index contributed by atoms with van der Waals surface area (Å²) in [5.41, 5.74) is 1.03. The number of aliphatic hydroxyl groups excluding tert-OH is 1. The number of benzene rings is 1. The Kier molecular flexibility index (Phi) is 7.08. The van der Waals surface area contributed by atoms with E-state index in [2.05, 4.69) is 4.90 Å². The largest absolute Gasteiger partial charge is 0.468 e. The molecule has 1 unspecified atom stereocenters. The zero-order valence-corrected chi connectivity index (χ0v) is 13.2. The molecular formula is C16H25NO5. The summed E-state index contributed by atoms with van der Waals surface area (Å²) in [6, 6.07) is 7.71. The van der Waals surface area contributed by atoms with Crippen molar-refractivity contribution >= 4 is 0 Å². The van der Waals surface area contributed by atoms with Gasteiger partial charge < -0.3 is 24.1 Å². The first-order valence-electron chi connectivity index (χ1n) is 7.45. The molecule has 1 heterocycles. The van der Waals surface area contributed by atoms with Gasteiger partial charge in [-0.3, -0.25) is 4.90 Å². The predicted molar refractivity (Wildman–Crippen MR) is 81.7 cm³/mol. The van der Waals surface area contributed by atoms with Crippen LogP contribution in [-0.2, 0) is 14.2 Å². The molecule has 0 aliphatic carbocycles. The van der Waals surface area contributed by atoms with Crippen LogP contribution in [0.3, 0.4) is 0 Å². The normalized spacial score (nSPS) is 20.2. The highest BCUT2D eigenvalue weighted by molar-refractivity contribution is 5.30. The minimum absolute atomic E-state index is 0.0535. The van der Waals surface area contributed by atoms with Gasteiger partial charge in [-0.2, -0.15) is 0 Å². The second-order valence-corrected chi connectivity index (χ2v) is 5.30. The van der Waals surface area contributed by atoms with Crippen molar-refractivity contribution in [1.29, 1.82) is 0 Å². The fraction of sp³-hybridized carbons (Fsp3) is 0.625. The maximum absolute atomic E-state index is 9.80. The Morgan fingerprint density at radius 3 is 2.82 bits per heavy atom. The third-order valence-corrected chi connectivity index (χ3v) is 3.80. The first-order chi connectivity index (χ1) is 10.8. The molecule has 1 saturated heterocycles. The number of aliphatic hydroxyl groups is 1. The van der Waals surface area contributed by atoms with E-state index < -0.39 is 0 Å². The van der Waals surface area contributed by atoms with E-state index in [0.717, 1.165) is 30.8 Å². The van der Waals surface area contributed by atoms with Crippen molar-refractivity contribution in [2.45, 2.75) is 18.6 Å². The first-order valence-corrected chi connectivity index (χ1v) is 7.45. The van der Waals surface area contributed by atoms with Gasteiger partial charge in [0.15, 0.2) is 6.79 Å². The van der Waals surface area contributed by atoms with Gasteiger partial charge in [-0.25, -0.2) is 0 Å². The van der Waals surface area contributed by atoms with Crippen LogP contribution in [0, 0.1) is 0 Å². The van der Waals surface area contributed by atoms with E-state index in [1.165, 1.54) is 0 Å². The number of hydrogen-bond acceptors (Lipinski definition) is 6. The molecule has 1 aromatic rings. The van der Waals surface area contributed by atoms with Crippen LogP contribution in [0.25, 0.3) is 0 Å². The Balaban J connectivity index is 1.99. The minimum Gasteiger partial charge on any atom is -0.468 e. The van der Waals surface area contributed by atoms with Crippen molar-refractivity contribution in [2.75, 3.05) is 47.5 Å². The average molecular weight is 311 g/mol. The Hall–Kier alpha value is -1.18. The number of ether oxygens (including phenoxy) is 4. The summed E-state index contributed by atoms with van der Waals surface area (Å²) in [7, 11) is 3.21. The molecule has 1 aromatic carbocycles. The van der Waals surface area contributed by atoms with Crippen molar-refractivity contribution in [1.82, 2.24) is 4.90 Å². The molecule has 0 bridgehead atoms. The van der Waals surface area contributed by atoms with Crippen LogP contribution in [0.15, 0.2) is 24.3 Å². The van der Waals surface area contributed by atoms with Crippen LogP contribution in [0.4, 0.5) is 0 Å². The maximum Gasteiger partial charge on any atom is 0.188 e. The topological polar surface area (TPSA) is 60.4 Å². The van der Waals surface area contributed by atoms with Gasteiger partial charge >= 0.3 is 0 Å². The van der Waals surface area contributed by atoms with Gasteiger partial charge in [0.1, 0.15) is 12.5 Å². The van der Waals surface area contributed by atoms with Crippen LogP contribution >= 0.6 is 0 Å². The second kappa shape index (κ2) is 9.07. The summed E-state index contributed by atoms with van der Waals surface area (Å²) in [4.78, 5) is 2.23. The molecule has 124 valence electrons. The van der Waals surface area contributed by atoms with E-state index in [1.54, 1.807) is 14.2 Å². The Bertz CT molecular complexity index is 442. The minimum atomic E-state index is -0.0535. The average Bonchev–Trinajstić information content (AvgIpc) is 3.01. The Labute approximate surface area is 131 Å². The monoisotopic (exact) mass is 311 g/mol. The van der Waals surface area contributed by atoms with E-state index >= 15 is 0 Å². The number of rotatable bonds is 9. The maximum atomic E-state index is 9.80. The number of likely N-dealkylation sites (tertiary alicyclic amines) is 1. The zero-order chi connectivity index (χ0) is 15.8. The van der Waals surface area contributed by atoms with Crippen molar-refractivity contribution < 1.29 is 24.1 Å². The van der Waals surface area contributed by atoms with Crippen LogP contribution in [0.5, 0.6) is 5.75 Å². The standard InChI is InChI=1S/C16H25NO5/c1-19-11-21-14-5-3-4-13(8-14)16(10-18)17-7-6-15(9-17)22-12-20-2/h3-5,8,15-16,18H,6-7,9-12H2,1-2H3/t15-,16?/m0/s1. The number of hydrogen-bond donors (Lipinski definition) is 1. The molecular weight excluding hydrogens is 286 g/mol. The summed E-state index contributed by atoms with van der Waals surface area (Å²) in [5.74, 6) is 0.740. The zero-order valence-electron chi connectivity index (χ0n) is 13.2. The van der Waals surface area contributed by atoms with Crippen LogP contribution in [0.2, 0.25) is 0 Å². The lowest BCUT2D eigenvalue weighted by Gasteiger charge is -2.26. The molecule has 0 aromatic heterocycles. The lowest BCUT2D eigenvalue weighted by Crippen LogP contribution is -2.30. The molecule has 1 aliphatic heterocycles. The van der Waals surface area contributed by atoms with E-state index in [1.807, 2.05) is 24.3 Å². The quantitative estimate of drug-likeness (QED) is 0.696. The van der Waals surface area contributed by atoms with Crippen molar-refractivity contribution in [2.24, 2.45) is 0 Å². The van der Waals surface area contributed by atoms with Gasteiger partial charge in [-0.05, 0) is 24.1 Å². The van der Waals surface area contributed by atoms with Crippen molar-refractivity contribution in [3.8, 4) is 5.75 Å². The highest BCUT2D eigenvalue weighted by Crippen LogP contribution is 2.28. The summed E-state index contributed by atoms with van der Waals surface area (Å²) in [5, 5.41) is 9.80. The predicted octanol–water partition coefficient (Wildman–Crippen LogP) is 1.40.